The van der Waals surface area contributed by atoms with E-state index in [1.54, 1.807) is 12.1 Å². The summed E-state index contributed by atoms with van der Waals surface area (Å²) in [4.78, 5) is 131. The largest absolute Gasteiger partial charge is 0.477 e. The number of nitrogens with zero attached hydrogens (tertiary/aromatic N) is 3. The summed E-state index contributed by atoms with van der Waals surface area (Å²) in [7, 11) is 0. The molecule has 0 saturated carbocycles. The van der Waals surface area contributed by atoms with E-state index >= 15 is 0 Å². The van der Waals surface area contributed by atoms with Crippen LogP contribution in [0.3, 0.4) is 0 Å². The standard InChI is InChI=1S/C49H83N17O11/c1-29-11-6-12-30(25-29)26-36(44(72)61-33(14-3-5-20-51)43(71)63-35(48(76)77)17-9-23-58-49(56)57)64-45(73)37-18-10-24-66(37)47(75)34(16-8-22-53)60-39(68)28-59-42(70)32(15-7-21-52)62-46(74)40(38(67)27-54)65-41(69)31(55)13-2-4-19-50/h6,11-12,17,25,31-33,36-38,40,67H,2-5,7-10,13-16,18-24,26-28,50-55H2,1H3,(H,59,70)(H,61,72)(H,62,74)(H,63,71)(H,64,73)(H,65,69)(H,76,77)(H4,56,57,58)/b35-17-,60-34?/t31-,32-,33-,36-,37-,38-,40-/m0/s1. The first-order valence-electron chi connectivity index (χ1n) is 25.9. The number of carboxylic acid groups (broad SMARTS) is 1. The van der Waals surface area contributed by atoms with Crippen LogP contribution in [-0.2, 0) is 49.6 Å². The molecule has 24 N–H and O–H groups in total. The molecule has 0 bridgehead atoms. The highest BCUT2D eigenvalue weighted by molar-refractivity contribution is 6.40. The number of aliphatic hydroxyl groups excluding tert-OH is 1. The van der Waals surface area contributed by atoms with Crippen LogP contribution in [0.5, 0.6) is 0 Å². The van der Waals surface area contributed by atoms with Gasteiger partial charge in [-0.15, -0.1) is 0 Å². The Bertz CT molecular complexity index is 2220. The van der Waals surface area contributed by atoms with Crippen LogP contribution >= 0.6 is 0 Å². The maximum atomic E-state index is 14.3. The van der Waals surface area contributed by atoms with E-state index in [1.165, 1.54) is 11.0 Å². The maximum Gasteiger partial charge on any atom is 0.352 e. The molecule has 1 aliphatic heterocycles. The number of nitrogens with one attached hydrogen (secondary N) is 6. The number of aryl methyl sites for hydroxylation is 1. The van der Waals surface area contributed by atoms with Gasteiger partial charge in [-0.2, -0.15) is 0 Å². The molecule has 1 heterocycles. The van der Waals surface area contributed by atoms with Gasteiger partial charge >= 0.3 is 5.97 Å². The second kappa shape index (κ2) is 36.1. The Labute approximate surface area is 448 Å². The number of aliphatic imine (C=N–C) groups is 2. The first kappa shape index (κ1) is 66.2. The predicted molar refractivity (Wildman–Crippen MR) is 287 cm³/mol. The lowest BCUT2D eigenvalue weighted by Gasteiger charge is -2.28. The van der Waals surface area contributed by atoms with Crippen LogP contribution in [0.1, 0.15) is 94.6 Å². The fraction of sp³-hybridized carbons (Fsp3) is 0.612. The molecule has 1 fully saturated rings. The van der Waals surface area contributed by atoms with Crippen LogP contribution in [0.15, 0.2) is 46.0 Å². The highest BCUT2D eigenvalue weighted by atomic mass is 16.4. The van der Waals surface area contributed by atoms with Crippen LogP contribution in [0.4, 0.5) is 0 Å². The maximum absolute atomic E-state index is 14.3. The summed E-state index contributed by atoms with van der Waals surface area (Å²) in [6.45, 7) is 1.65. The minimum absolute atomic E-state index is 0.0186. The van der Waals surface area contributed by atoms with Gasteiger partial charge in [0.2, 0.25) is 35.4 Å². The Morgan fingerprint density at radius 1 is 0.766 bits per heavy atom. The summed E-state index contributed by atoms with van der Waals surface area (Å²) in [5.41, 5.74) is 45.8. The Kier molecular flexibility index (Phi) is 31.1. The van der Waals surface area contributed by atoms with Crippen molar-refractivity contribution in [1.29, 1.82) is 0 Å². The second-order valence-electron chi connectivity index (χ2n) is 18.5. The van der Waals surface area contributed by atoms with Crippen molar-refractivity contribution in [1.82, 2.24) is 36.8 Å². The molecule has 0 aliphatic carbocycles. The van der Waals surface area contributed by atoms with E-state index in [2.05, 4.69) is 41.9 Å². The first-order chi connectivity index (χ1) is 36.7. The van der Waals surface area contributed by atoms with E-state index < -0.39 is 114 Å². The van der Waals surface area contributed by atoms with Gasteiger partial charge in [0.15, 0.2) is 5.96 Å². The minimum Gasteiger partial charge on any atom is -0.477 e. The molecule has 430 valence electrons. The van der Waals surface area contributed by atoms with Crippen LogP contribution in [-0.4, -0.2) is 175 Å². The number of nitrogens with two attached hydrogens (primary N) is 8. The lowest BCUT2D eigenvalue weighted by Crippen LogP contribution is -2.60. The number of likely N-dealkylation sites (tertiary alicyclic amines) is 1. The molecule has 1 aliphatic rings. The molecule has 7 atom stereocenters. The minimum atomic E-state index is -1.60. The van der Waals surface area contributed by atoms with Gasteiger partial charge in [-0.05, 0) is 116 Å². The van der Waals surface area contributed by atoms with Gasteiger partial charge in [-0.3, -0.25) is 43.3 Å². The molecule has 1 aromatic carbocycles. The fourth-order valence-electron chi connectivity index (χ4n) is 8.03. The summed E-state index contributed by atoms with van der Waals surface area (Å²) < 4.78 is 0. The normalized spacial score (nSPS) is 15.9. The highest BCUT2D eigenvalue weighted by Gasteiger charge is 2.39. The molecule has 0 aromatic heterocycles. The average Bonchev–Trinajstić information content (AvgIpc) is 3.90. The van der Waals surface area contributed by atoms with Gasteiger partial charge in [0.05, 0.1) is 18.7 Å². The number of aliphatic carboxylic acids is 1. The number of hydrogen-bond donors (Lipinski definition) is 16. The summed E-state index contributed by atoms with van der Waals surface area (Å²) in [6, 6.07) is -0.531. The molecule has 2 rings (SSSR count). The van der Waals surface area contributed by atoms with Crippen molar-refractivity contribution >= 4 is 64.9 Å². The molecular formula is C49H83N17O11. The summed E-state index contributed by atoms with van der Waals surface area (Å²) >= 11 is 0. The quantitative estimate of drug-likeness (QED) is 0.0129. The van der Waals surface area contributed by atoms with Gasteiger partial charge < -0.3 is 92.9 Å². The average molecular weight is 1090 g/mol. The van der Waals surface area contributed by atoms with Crippen molar-refractivity contribution < 1.29 is 53.4 Å². The summed E-state index contributed by atoms with van der Waals surface area (Å²) in [6.07, 6.45) is 2.79. The van der Waals surface area contributed by atoms with Crippen molar-refractivity contribution in [2.45, 2.75) is 139 Å². The highest BCUT2D eigenvalue weighted by Crippen LogP contribution is 2.20. The summed E-state index contributed by atoms with van der Waals surface area (Å²) in [5, 5.41) is 35.5. The van der Waals surface area contributed by atoms with Gasteiger partial charge in [0.1, 0.15) is 41.6 Å². The number of carbonyl (C=O) groups excluding carboxylic acids is 8. The van der Waals surface area contributed by atoms with E-state index in [0.29, 0.717) is 44.2 Å². The first-order valence-corrected chi connectivity index (χ1v) is 25.9. The van der Waals surface area contributed by atoms with Crippen molar-refractivity contribution in [3.63, 3.8) is 0 Å². The number of unbranched alkanes of at least 4 members (excludes halogenated alkanes) is 2. The molecule has 77 heavy (non-hydrogen) atoms. The third-order valence-electron chi connectivity index (χ3n) is 12.2. The third-order valence-corrected chi connectivity index (χ3v) is 12.2. The molecule has 28 nitrogen and oxygen atoms in total. The topological polar surface area (TPSA) is 502 Å². The molecule has 0 unspecified atom stereocenters. The zero-order valence-electron chi connectivity index (χ0n) is 44.0. The number of hydrogen-bond acceptors (Lipinski definition) is 17. The van der Waals surface area contributed by atoms with E-state index in [0.717, 1.165) is 5.56 Å². The molecular weight excluding hydrogens is 1000 g/mol. The van der Waals surface area contributed by atoms with E-state index in [9.17, 15) is 53.4 Å². The van der Waals surface area contributed by atoms with Gasteiger partial charge in [0.25, 0.3) is 11.8 Å². The number of aliphatic hydroxyl groups is 1. The third kappa shape index (κ3) is 24.3. The molecule has 1 aromatic rings. The predicted octanol–water partition coefficient (Wildman–Crippen LogP) is -5.32. The van der Waals surface area contributed by atoms with Crippen LogP contribution < -0.4 is 77.8 Å². The lowest BCUT2D eigenvalue weighted by atomic mass is 10.0. The van der Waals surface area contributed by atoms with Crippen molar-refractivity contribution in [2.75, 3.05) is 52.4 Å². The second-order valence-corrected chi connectivity index (χ2v) is 18.5. The smallest absolute Gasteiger partial charge is 0.352 e. The van der Waals surface area contributed by atoms with Gasteiger partial charge in [-0.1, -0.05) is 42.3 Å². The molecule has 0 radical (unpaired) electrons. The van der Waals surface area contributed by atoms with Crippen molar-refractivity contribution in [2.24, 2.45) is 55.9 Å². The molecule has 28 heteroatoms. The molecule has 8 amide bonds. The van der Waals surface area contributed by atoms with E-state index in [-0.39, 0.29) is 102 Å². The Balaban J connectivity index is 2.36. The number of carbonyl (C=O) groups is 9. The van der Waals surface area contributed by atoms with E-state index in [4.69, 9.17) is 45.9 Å². The number of amides is 8. The zero-order valence-corrected chi connectivity index (χ0v) is 44.0. The lowest BCUT2D eigenvalue weighted by molar-refractivity contribution is -0.137. The van der Waals surface area contributed by atoms with Crippen LogP contribution in [0.2, 0.25) is 0 Å². The fourth-order valence-corrected chi connectivity index (χ4v) is 8.03. The number of guanidine groups is 1. The molecule has 0 spiro atoms. The van der Waals surface area contributed by atoms with Crippen molar-refractivity contribution in [3.8, 4) is 0 Å². The number of benzene rings is 1. The Hall–Kier alpha value is -6.95. The SMILES string of the molecule is Cc1cccc(C[C@H](NC(=O)[C@@H]2CCCN2C(=O)C(CCCN)=NC(=O)CNC(=O)[C@H](CCCN)NC(=O)[C@@H](NC(=O)[C@@H](N)CCCCN)[C@@H](O)CN)C(=O)N[C@@H](CCCCN)C(=O)N/C(=C\CCN=C(N)N)C(=O)O)c1. The van der Waals surface area contributed by atoms with Gasteiger partial charge in [0, 0.05) is 26.1 Å². The summed E-state index contributed by atoms with van der Waals surface area (Å²) in [5.74, 6) is -8.30. The van der Waals surface area contributed by atoms with Gasteiger partial charge in [-0.25, -0.2) is 9.79 Å². The monoisotopic (exact) mass is 1090 g/mol. The molecule has 1 saturated heterocycles. The van der Waals surface area contributed by atoms with Crippen molar-refractivity contribution in [3.05, 3.63) is 47.2 Å². The number of carboxylic acids is 1. The zero-order chi connectivity index (χ0) is 57.5. The Morgan fingerprint density at radius 2 is 1.40 bits per heavy atom. The van der Waals surface area contributed by atoms with Crippen LogP contribution in [0, 0.1) is 6.92 Å². The van der Waals surface area contributed by atoms with E-state index in [1.807, 2.05) is 19.1 Å². The number of rotatable bonds is 36. The Morgan fingerprint density at radius 3 is 2.03 bits per heavy atom. The van der Waals surface area contributed by atoms with Crippen LogP contribution in [0.25, 0.3) is 0 Å².